The van der Waals surface area contributed by atoms with Gasteiger partial charge in [0.2, 0.25) is 5.95 Å². The van der Waals surface area contributed by atoms with Gasteiger partial charge in [0.15, 0.2) is 11.6 Å². The van der Waals surface area contributed by atoms with Crippen LogP contribution in [0.4, 0.5) is 0 Å². The number of aromatic nitrogens is 5. The fourth-order valence-corrected chi connectivity index (χ4v) is 8.80. The molecule has 0 amide bonds. The number of benzene rings is 7. The highest BCUT2D eigenvalue weighted by atomic mass is 32.1. The van der Waals surface area contributed by atoms with E-state index in [1.165, 1.54) is 41.7 Å². The first-order valence-corrected chi connectivity index (χ1v) is 17.9. The molecular weight excluding hydrogens is 643 g/mol. The Hall–Kier alpha value is -6.63. The molecule has 7 aromatic carbocycles. The fraction of sp³-hybridized carbons (Fsp3) is 0. The number of thiophene rings is 1. The van der Waals surface area contributed by atoms with Crippen molar-refractivity contribution in [2.24, 2.45) is 0 Å². The van der Waals surface area contributed by atoms with E-state index in [1.807, 2.05) is 29.5 Å². The molecule has 0 bridgehead atoms. The van der Waals surface area contributed by atoms with E-state index in [2.05, 4.69) is 155 Å². The van der Waals surface area contributed by atoms with Crippen molar-refractivity contribution in [3.8, 4) is 34.4 Å². The summed E-state index contributed by atoms with van der Waals surface area (Å²) in [6.07, 6.45) is 0. The van der Waals surface area contributed by atoms with Gasteiger partial charge in [0, 0.05) is 58.5 Å². The molecule has 11 rings (SSSR count). The highest BCUT2D eigenvalue weighted by Gasteiger charge is 2.20. The number of hydrogen-bond acceptors (Lipinski definition) is 4. The predicted octanol–water partition coefficient (Wildman–Crippen LogP) is 11.8. The van der Waals surface area contributed by atoms with Gasteiger partial charge in [-0.25, -0.2) is 4.98 Å². The summed E-state index contributed by atoms with van der Waals surface area (Å²) in [5.74, 6) is 1.85. The molecule has 0 fully saturated rings. The second-order valence-corrected chi connectivity index (χ2v) is 14.0. The molecule has 0 aliphatic heterocycles. The van der Waals surface area contributed by atoms with E-state index in [-0.39, 0.29) is 0 Å². The van der Waals surface area contributed by atoms with Gasteiger partial charge in [-0.3, -0.25) is 4.57 Å². The van der Waals surface area contributed by atoms with E-state index in [1.54, 1.807) is 0 Å². The Balaban J connectivity index is 1.20. The largest absolute Gasteiger partial charge is 0.309 e. The first kappa shape index (κ1) is 28.2. The monoisotopic (exact) mass is 669 g/mol. The third kappa shape index (κ3) is 4.30. The summed E-state index contributed by atoms with van der Waals surface area (Å²) in [6, 6.07) is 57.8. The number of nitrogens with zero attached hydrogens (tertiary/aromatic N) is 5. The van der Waals surface area contributed by atoms with Crippen LogP contribution in [-0.4, -0.2) is 24.1 Å². The lowest BCUT2D eigenvalue weighted by molar-refractivity contribution is 0.954. The fourth-order valence-electron chi connectivity index (χ4n) is 7.68. The smallest absolute Gasteiger partial charge is 0.238 e. The highest BCUT2D eigenvalue weighted by molar-refractivity contribution is 7.25. The Morgan fingerprint density at radius 3 is 1.73 bits per heavy atom. The maximum atomic E-state index is 5.29. The Bertz CT molecular complexity index is 3140. The zero-order chi connectivity index (χ0) is 33.5. The van der Waals surface area contributed by atoms with Crippen LogP contribution in [0.15, 0.2) is 164 Å². The Labute approximate surface area is 296 Å². The van der Waals surface area contributed by atoms with Gasteiger partial charge in [-0.15, -0.1) is 11.3 Å². The maximum absolute atomic E-state index is 5.29. The molecule has 238 valence electrons. The lowest BCUT2D eigenvalue weighted by atomic mass is 10.1. The number of hydrogen-bond donors (Lipinski definition) is 0. The molecule has 0 atom stereocenters. The van der Waals surface area contributed by atoms with E-state index in [0.29, 0.717) is 17.6 Å². The SMILES string of the molecule is c1ccc(-c2nc(-c3ccc4c5ccccc5n(-c5ccccc5)c4c3)nc(-n3c4ccccc4c4cc5c(cc43)sc3ccccc35)n2)cc1. The van der Waals surface area contributed by atoms with Crippen molar-refractivity contribution in [1.29, 1.82) is 0 Å². The lowest BCUT2D eigenvalue weighted by Crippen LogP contribution is -2.06. The van der Waals surface area contributed by atoms with Crippen LogP contribution in [0, 0.1) is 0 Å². The van der Waals surface area contributed by atoms with Crippen molar-refractivity contribution in [3.63, 3.8) is 0 Å². The minimum atomic E-state index is 0.592. The molecule has 0 unspecified atom stereocenters. The lowest BCUT2D eigenvalue weighted by Gasteiger charge is -2.12. The van der Waals surface area contributed by atoms with E-state index in [9.17, 15) is 0 Å². The van der Waals surface area contributed by atoms with Gasteiger partial charge in [-0.05, 0) is 48.5 Å². The molecule has 0 N–H and O–H groups in total. The highest BCUT2D eigenvalue weighted by Crippen LogP contribution is 2.41. The molecule has 0 aliphatic carbocycles. The second-order valence-electron chi connectivity index (χ2n) is 12.9. The van der Waals surface area contributed by atoms with Gasteiger partial charge >= 0.3 is 0 Å². The first-order chi connectivity index (χ1) is 25.3. The van der Waals surface area contributed by atoms with Gasteiger partial charge < -0.3 is 4.57 Å². The van der Waals surface area contributed by atoms with Gasteiger partial charge in [-0.2, -0.15) is 9.97 Å². The summed E-state index contributed by atoms with van der Waals surface area (Å²) in [5.41, 5.74) is 7.38. The second kappa shape index (κ2) is 10.9. The summed E-state index contributed by atoms with van der Waals surface area (Å²) in [6.45, 7) is 0. The van der Waals surface area contributed by atoms with Crippen molar-refractivity contribution in [3.05, 3.63) is 164 Å². The van der Waals surface area contributed by atoms with Crippen LogP contribution in [0.1, 0.15) is 0 Å². The van der Waals surface area contributed by atoms with E-state index in [0.717, 1.165) is 38.9 Å². The van der Waals surface area contributed by atoms with Gasteiger partial charge in [0.25, 0.3) is 0 Å². The quantitative estimate of drug-likeness (QED) is 0.187. The molecule has 11 aromatic rings. The number of rotatable bonds is 4. The molecule has 0 aliphatic rings. The van der Waals surface area contributed by atoms with Crippen LogP contribution in [0.3, 0.4) is 0 Å². The van der Waals surface area contributed by atoms with Crippen LogP contribution in [0.25, 0.3) is 98.2 Å². The third-order valence-electron chi connectivity index (χ3n) is 9.97. The summed E-state index contributed by atoms with van der Waals surface area (Å²) in [7, 11) is 0. The molecular formula is C45H27N5S. The first-order valence-electron chi connectivity index (χ1n) is 17.0. The van der Waals surface area contributed by atoms with Crippen LogP contribution in [-0.2, 0) is 0 Å². The average molecular weight is 670 g/mol. The Kier molecular flexibility index (Phi) is 6.05. The molecule has 6 heteroatoms. The maximum Gasteiger partial charge on any atom is 0.238 e. The molecule has 5 nitrogen and oxygen atoms in total. The summed E-state index contributed by atoms with van der Waals surface area (Å²) < 4.78 is 7.07. The molecule has 0 saturated heterocycles. The van der Waals surface area contributed by atoms with E-state index in [4.69, 9.17) is 15.0 Å². The molecule has 0 spiro atoms. The van der Waals surface area contributed by atoms with Crippen LogP contribution < -0.4 is 0 Å². The third-order valence-corrected chi connectivity index (χ3v) is 11.1. The standard InChI is InChI=1S/C45H27N5S/c1-3-13-28(14-4-1)43-46-44(29-23-24-33-31-17-7-10-20-37(31)49(39(33)25-29)30-15-5-2-6-16-30)48-45(47-43)50-38-21-11-8-18-32(38)35-26-36-34-19-9-12-22-41(34)51-42(36)27-40(35)50/h1-27H. The van der Waals surface area contributed by atoms with Gasteiger partial charge in [0.05, 0.1) is 22.1 Å². The summed E-state index contributed by atoms with van der Waals surface area (Å²) in [4.78, 5) is 15.6. The van der Waals surface area contributed by atoms with Crippen LogP contribution in [0.5, 0.6) is 0 Å². The van der Waals surface area contributed by atoms with E-state index < -0.39 is 0 Å². The topological polar surface area (TPSA) is 48.5 Å². The van der Waals surface area contributed by atoms with Gasteiger partial charge in [-0.1, -0.05) is 115 Å². The number of para-hydroxylation sites is 3. The minimum absolute atomic E-state index is 0.592. The summed E-state index contributed by atoms with van der Waals surface area (Å²) in [5, 5.41) is 7.30. The molecule has 0 radical (unpaired) electrons. The zero-order valence-electron chi connectivity index (χ0n) is 27.2. The molecule has 0 saturated carbocycles. The summed E-state index contributed by atoms with van der Waals surface area (Å²) >= 11 is 1.82. The van der Waals surface area contributed by atoms with Crippen LogP contribution in [0.2, 0.25) is 0 Å². The van der Waals surface area contributed by atoms with Crippen molar-refractivity contribution in [1.82, 2.24) is 24.1 Å². The Morgan fingerprint density at radius 2 is 0.941 bits per heavy atom. The zero-order valence-corrected chi connectivity index (χ0v) is 28.0. The van der Waals surface area contributed by atoms with Gasteiger partial charge in [0.1, 0.15) is 0 Å². The van der Waals surface area contributed by atoms with Crippen LogP contribution >= 0.6 is 11.3 Å². The van der Waals surface area contributed by atoms with Crippen molar-refractivity contribution < 1.29 is 0 Å². The number of fused-ring (bicyclic) bond motifs is 9. The normalized spacial score (nSPS) is 11.9. The molecule has 4 aromatic heterocycles. The van der Waals surface area contributed by atoms with Crippen molar-refractivity contribution >= 4 is 75.1 Å². The predicted molar refractivity (Wildman–Crippen MR) is 212 cm³/mol. The average Bonchev–Trinajstić information content (AvgIpc) is 3.84. The minimum Gasteiger partial charge on any atom is -0.309 e. The van der Waals surface area contributed by atoms with E-state index >= 15 is 0 Å². The Morgan fingerprint density at radius 1 is 0.353 bits per heavy atom. The van der Waals surface area contributed by atoms with Crippen molar-refractivity contribution in [2.75, 3.05) is 0 Å². The molecule has 4 heterocycles. The van der Waals surface area contributed by atoms with Crippen molar-refractivity contribution in [2.45, 2.75) is 0 Å². The molecule has 51 heavy (non-hydrogen) atoms.